The molecule has 0 bridgehead atoms. The van der Waals surface area contributed by atoms with Crippen molar-refractivity contribution in [3.8, 4) is 17.6 Å². The number of nitriles is 1. The minimum absolute atomic E-state index is 0.197. The summed E-state index contributed by atoms with van der Waals surface area (Å²) in [6.45, 7) is 0. The van der Waals surface area contributed by atoms with Gasteiger partial charge in [0.05, 0.1) is 26.9 Å². The minimum Gasteiger partial charge on any atom is -0.493 e. The van der Waals surface area contributed by atoms with Crippen LogP contribution in [-0.4, -0.2) is 27.3 Å². The van der Waals surface area contributed by atoms with Gasteiger partial charge in [-0.15, -0.1) is 0 Å². The number of nitrogens with zero attached hydrogens (tertiary/aromatic N) is 1. The molecule has 0 heterocycles. The van der Waals surface area contributed by atoms with Crippen molar-refractivity contribution in [2.45, 2.75) is 0 Å². The monoisotopic (exact) mass is 247 g/mol. The quantitative estimate of drug-likeness (QED) is 0.461. The van der Waals surface area contributed by atoms with Crippen molar-refractivity contribution >= 4 is 11.5 Å². The van der Waals surface area contributed by atoms with Crippen molar-refractivity contribution in [1.29, 1.82) is 5.26 Å². The predicted octanol–water partition coefficient (Wildman–Crippen LogP) is 1.78. The molecule has 5 nitrogen and oxygen atoms in total. The Balaban J connectivity index is 3.20. The summed E-state index contributed by atoms with van der Waals surface area (Å²) in [5, 5.41) is 9.02. The zero-order chi connectivity index (χ0) is 13.5. The first kappa shape index (κ1) is 13.6. The molecule has 18 heavy (non-hydrogen) atoms. The summed E-state index contributed by atoms with van der Waals surface area (Å²) in [5.41, 5.74) is 0.753. The number of allylic oxidation sites excluding steroid dienone is 1. The van der Waals surface area contributed by atoms with E-state index in [-0.39, 0.29) is 5.57 Å². The van der Waals surface area contributed by atoms with Gasteiger partial charge in [-0.2, -0.15) is 5.26 Å². The lowest BCUT2D eigenvalue weighted by Gasteiger charge is -2.08. The summed E-state index contributed by atoms with van der Waals surface area (Å²) < 4.78 is 14.7. The summed E-state index contributed by atoms with van der Waals surface area (Å²) in [4.78, 5) is 11.1. The molecule has 1 aromatic rings. The van der Waals surface area contributed by atoms with E-state index < -0.39 is 5.97 Å². The van der Waals surface area contributed by atoms with Crippen molar-refractivity contribution in [2.24, 2.45) is 0 Å². The molecule has 0 saturated carbocycles. The molecular formula is C13H13NO4. The molecule has 0 aliphatic carbocycles. The van der Waals surface area contributed by atoms with Gasteiger partial charge in [0, 0.05) is 6.08 Å². The fourth-order valence-corrected chi connectivity index (χ4v) is 1.36. The van der Waals surface area contributed by atoms with Gasteiger partial charge in [-0.25, -0.2) is 4.79 Å². The fourth-order valence-electron chi connectivity index (χ4n) is 1.36. The molecule has 1 rings (SSSR count). The molecule has 0 saturated heterocycles. The summed E-state index contributed by atoms with van der Waals surface area (Å²) >= 11 is 0. The Morgan fingerprint density at radius 2 is 1.89 bits per heavy atom. The van der Waals surface area contributed by atoms with Crippen LogP contribution >= 0.6 is 0 Å². The molecular weight excluding hydrogens is 234 g/mol. The second-order valence-electron chi connectivity index (χ2n) is 3.26. The van der Waals surface area contributed by atoms with Crippen molar-refractivity contribution in [3.63, 3.8) is 0 Å². The highest BCUT2D eigenvalue weighted by molar-refractivity contribution is 5.95. The van der Waals surface area contributed by atoms with Gasteiger partial charge >= 0.3 is 5.97 Å². The Morgan fingerprint density at radius 3 is 2.39 bits per heavy atom. The number of carbonyl (C=O) groups excluding carboxylic acids is 1. The standard InChI is InChI=1S/C13H13NO4/c1-16-11-5-4-9(6-12(11)17-2)10(8-14)7-13(15)18-3/h4-7H,1-3H3. The Hall–Kier alpha value is -2.48. The van der Waals surface area contributed by atoms with Gasteiger partial charge in [0.15, 0.2) is 11.5 Å². The number of carbonyl (C=O) groups is 1. The van der Waals surface area contributed by atoms with Gasteiger partial charge in [-0.05, 0) is 23.8 Å². The summed E-state index contributed by atoms with van der Waals surface area (Å²) in [6.07, 6.45) is 1.13. The van der Waals surface area contributed by atoms with Crippen LogP contribution in [0, 0.1) is 11.3 Å². The van der Waals surface area contributed by atoms with Crippen molar-refractivity contribution < 1.29 is 19.0 Å². The molecule has 0 radical (unpaired) electrons. The topological polar surface area (TPSA) is 68.6 Å². The number of benzene rings is 1. The largest absolute Gasteiger partial charge is 0.493 e. The third kappa shape index (κ3) is 3.01. The molecule has 0 aliphatic rings. The Labute approximate surface area is 105 Å². The first-order valence-electron chi connectivity index (χ1n) is 5.08. The Bertz CT molecular complexity index is 514. The molecule has 0 aliphatic heterocycles. The maximum atomic E-state index is 11.1. The maximum Gasteiger partial charge on any atom is 0.331 e. The van der Waals surface area contributed by atoms with Crippen LogP contribution < -0.4 is 9.47 Å². The van der Waals surface area contributed by atoms with Gasteiger partial charge in [-0.1, -0.05) is 0 Å². The Morgan fingerprint density at radius 1 is 1.22 bits per heavy atom. The molecule has 0 aromatic heterocycles. The average molecular weight is 247 g/mol. The van der Waals surface area contributed by atoms with Crippen LogP contribution in [0.5, 0.6) is 11.5 Å². The van der Waals surface area contributed by atoms with E-state index in [9.17, 15) is 4.79 Å². The van der Waals surface area contributed by atoms with Crippen LogP contribution in [0.15, 0.2) is 24.3 Å². The second-order valence-corrected chi connectivity index (χ2v) is 3.26. The second kappa shape index (κ2) is 6.30. The van der Waals surface area contributed by atoms with Crippen LogP contribution in [0.2, 0.25) is 0 Å². The van der Waals surface area contributed by atoms with Gasteiger partial charge in [-0.3, -0.25) is 0 Å². The average Bonchev–Trinajstić information content (AvgIpc) is 2.43. The van der Waals surface area contributed by atoms with E-state index in [0.29, 0.717) is 17.1 Å². The molecule has 0 N–H and O–H groups in total. The minimum atomic E-state index is -0.582. The molecule has 0 atom stereocenters. The summed E-state index contributed by atoms with van der Waals surface area (Å²) in [7, 11) is 4.27. The fraction of sp³-hybridized carbons (Fsp3) is 0.231. The highest BCUT2D eigenvalue weighted by Gasteiger charge is 2.09. The highest BCUT2D eigenvalue weighted by Crippen LogP contribution is 2.30. The first-order valence-corrected chi connectivity index (χ1v) is 5.08. The highest BCUT2D eigenvalue weighted by atomic mass is 16.5. The van der Waals surface area contributed by atoms with Crippen LogP contribution in [0.3, 0.4) is 0 Å². The third-order valence-electron chi connectivity index (χ3n) is 2.28. The number of hydrogen-bond donors (Lipinski definition) is 0. The number of hydrogen-bond acceptors (Lipinski definition) is 5. The molecule has 1 aromatic carbocycles. The first-order chi connectivity index (χ1) is 8.65. The Kier molecular flexibility index (Phi) is 4.76. The van der Waals surface area contributed by atoms with Crippen molar-refractivity contribution in [3.05, 3.63) is 29.8 Å². The van der Waals surface area contributed by atoms with E-state index in [4.69, 9.17) is 14.7 Å². The van der Waals surface area contributed by atoms with E-state index >= 15 is 0 Å². The molecule has 0 amide bonds. The zero-order valence-electron chi connectivity index (χ0n) is 10.4. The van der Waals surface area contributed by atoms with Crippen molar-refractivity contribution in [2.75, 3.05) is 21.3 Å². The molecule has 0 spiro atoms. The van der Waals surface area contributed by atoms with Crippen LogP contribution in [-0.2, 0) is 9.53 Å². The van der Waals surface area contributed by atoms with Crippen LogP contribution in [0.4, 0.5) is 0 Å². The summed E-state index contributed by atoms with van der Waals surface area (Å²) in [5.74, 6) is 0.457. The molecule has 0 fully saturated rings. The molecule has 5 heteroatoms. The smallest absolute Gasteiger partial charge is 0.331 e. The van der Waals surface area contributed by atoms with Crippen LogP contribution in [0.1, 0.15) is 5.56 Å². The van der Waals surface area contributed by atoms with E-state index in [1.165, 1.54) is 21.3 Å². The predicted molar refractivity (Wildman–Crippen MR) is 65.2 cm³/mol. The lowest BCUT2D eigenvalue weighted by atomic mass is 10.1. The lowest BCUT2D eigenvalue weighted by Crippen LogP contribution is -1.97. The molecule has 0 unspecified atom stereocenters. The van der Waals surface area contributed by atoms with Gasteiger partial charge in [0.25, 0.3) is 0 Å². The SMILES string of the molecule is COC(=O)C=C(C#N)c1ccc(OC)c(OC)c1. The zero-order valence-corrected chi connectivity index (χ0v) is 10.4. The number of methoxy groups -OCH3 is 3. The number of ether oxygens (including phenoxy) is 3. The third-order valence-corrected chi connectivity index (χ3v) is 2.28. The van der Waals surface area contributed by atoms with Gasteiger partial charge < -0.3 is 14.2 Å². The summed E-state index contributed by atoms with van der Waals surface area (Å²) in [6, 6.07) is 6.89. The number of esters is 1. The van der Waals surface area contributed by atoms with E-state index in [1.807, 2.05) is 6.07 Å². The van der Waals surface area contributed by atoms with Gasteiger partial charge in [0.1, 0.15) is 6.07 Å². The van der Waals surface area contributed by atoms with E-state index in [1.54, 1.807) is 18.2 Å². The number of rotatable bonds is 4. The van der Waals surface area contributed by atoms with E-state index in [0.717, 1.165) is 6.08 Å². The van der Waals surface area contributed by atoms with E-state index in [2.05, 4.69) is 4.74 Å². The van der Waals surface area contributed by atoms with Crippen LogP contribution in [0.25, 0.3) is 5.57 Å². The van der Waals surface area contributed by atoms with Gasteiger partial charge in [0.2, 0.25) is 0 Å². The lowest BCUT2D eigenvalue weighted by molar-refractivity contribution is -0.134. The normalized spacial score (nSPS) is 10.4. The molecule has 94 valence electrons. The van der Waals surface area contributed by atoms with Crippen molar-refractivity contribution in [1.82, 2.24) is 0 Å². The maximum absolute atomic E-state index is 11.1.